The van der Waals surface area contributed by atoms with Gasteiger partial charge in [0.1, 0.15) is 11.8 Å². The number of hydrogen-bond donors (Lipinski definition) is 1. The van der Waals surface area contributed by atoms with E-state index in [4.69, 9.17) is 4.74 Å². The molecule has 0 radical (unpaired) electrons. The molecule has 0 heterocycles. The zero-order chi connectivity index (χ0) is 30.5. The first-order valence-corrected chi connectivity index (χ1v) is 16.3. The van der Waals surface area contributed by atoms with Gasteiger partial charge in [-0.3, -0.25) is 13.9 Å². The second kappa shape index (κ2) is 16.0. The van der Waals surface area contributed by atoms with Crippen molar-refractivity contribution in [2.24, 2.45) is 0 Å². The third-order valence-corrected chi connectivity index (χ3v) is 8.26. The molecule has 1 N–H and O–H groups in total. The highest BCUT2D eigenvalue weighted by atomic mass is 32.2. The molecule has 0 aliphatic rings. The summed E-state index contributed by atoms with van der Waals surface area (Å²) in [6.07, 6.45) is 3.68. The molecule has 8 nitrogen and oxygen atoms in total. The maximum atomic E-state index is 13.9. The summed E-state index contributed by atoms with van der Waals surface area (Å²) in [7, 11) is -1.97. The molecule has 226 valence electrons. The van der Waals surface area contributed by atoms with E-state index in [0.717, 1.165) is 29.5 Å². The Hall–Kier alpha value is -3.85. The Balaban J connectivity index is 1.88. The zero-order valence-corrected chi connectivity index (χ0v) is 25.9. The Morgan fingerprint density at radius 2 is 1.62 bits per heavy atom. The van der Waals surface area contributed by atoms with Crippen LogP contribution in [0.25, 0.3) is 0 Å². The van der Waals surface area contributed by atoms with E-state index < -0.39 is 16.1 Å². The molecule has 0 saturated heterocycles. The van der Waals surface area contributed by atoms with Crippen molar-refractivity contribution in [2.45, 2.75) is 58.5 Å². The van der Waals surface area contributed by atoms with Gasteiger partial charge in [0.2, 0.25) is 21.8 Å². The fourth-order valence-corrected chi connectivity index (χ4v) is 5.71. The Morgan fingerprint density at radius 3 is 2.26 bits per heavy atom. The van der Waals surface area contributed by atoms with Gasteiger partial charge in [-0.15, -0.1) is 0 Å². The largest absolute Gasteiger partial charge is 0.497 e. The summed E-state index contributed by atoms with van der Waals surface area (Å²) in [4.78, 5) is 29.1. The monoisotopic (exact) mass is 593 g/mol. The molecule has 0 aliphatic heterocycles. The number of sulfonamides is 1. The Kier molecular flexibility index (Phi) is 12.4. The first-order chi connectivity index (χ1) is 20.1. The van der Waals surface area contributed by atoms with Crippen LogP contribution in [0.5, 0.6) is 5.75 Å². The van der Waals surface area contributed by atoms with Crippen LogP contribution in [0.2, 0.25) is 0 Å². The van der Waals surface area contributed by atoms with Gasteiger partial charge in [0.05, 0.1) is 19.1 Å². The van der Waals surface area contributed by atoms with E-state index in [1.165, 1.54) is 10.6 Å². The lowest BCUT2D eigenvalue weighted by molar-refractivity contribution is -0.141. The lowest BCUT2D eigenvalue weighted by Crippen LogP contribution is -2.50. The van der Waals surface area contributed by atoms with Crippen LogP contribution in [0.4, 0.5) is 5.69 Å². The number of methoxy groups -OCH3 is 1. The Labute approximate surface area is 250 Å². The highest BCUT2D eigenvalue weighted by molar-refractivity contribution is 7.92. The second-order valence-electron chi connectivity index (χ2n) is 10.5. The number of nitrogens with zero attached hydrogens (tertiary/aromatic N) is 2. The summed E-state index contributed by atoms with van der Waals surface area (Å²) in [6.45, 7) is 4.88. The summed E-state index contributed by atoms with van der Waals surface area (Å²) in [5.74, 6) is 0.233. The van der Waals surface area contributed by atoms with Crippen LogP contribution in [0.3, 0.4) is 0 Å². The van der Waals surface area contributed by atoms with E-state index in [1.54, 1.807) is 24.1 Å². The molecule has 3 rings (SSSR count). The van der Waals surface area contributed by atoms with Crippen LogP contribution in [-0.2, 0) is 32.6 Å². The molecule has 0 saturated carbocycles. The van der Waals surface area contributed by atoms with Gasteiger partial charge in [-0.1, -0.05) is 73.5 Å². The Morgan fingerprint density at radius 1 is 0.929 bits per heavy atom. The topological polar surface area (TPSA) is 96.0 Å². The number of benzene rings is 3. The van der Waals surface area contributed by atoms with E-state index >= 15 is 0 Å². The lowest BCUT2D eigenvalue weighted by atomic mass is 10.0. The van der Waals surface area contributed by atoms with Crippen LogP contribution in [0, 0.1) is 6.92 Å². The van der Waals surface area contributed by atoms with Crippen molar-refractivity contribution >= 4 is 27.5 Å². The number of anilines is 1. The van der Waals surface area contributed by atoms with Gasteiger partial charge >= 0.3 is 0 Å². The number of amides is 2. The van der Waals surface area contributed by atoms with E-state index in [9.17, 15) is 18.0 Å². The number of ether oxygens (including phenoxy) is 1. The normalized spacial score (nSPS) is 11.9. The molecule has 3 aromatic carbocycles. The van der Waals surface area contributed by atoms with E-state index in [1.807, 2.05) is 73.7 Å². The van der Waals surface area contributed by atoms with Gasteiger partial charge in [0, 0.05) is 32.5 Å². The van der Waals surface area contributed by atoms with Crippen LogP contribution < -0.4 is 14.4 Å². The predicted octanol–water partition coefficient (Wildman–Crippen LogP) is 5.11. The van der Waals surface area contributed by atoms with Gasteiger partial charge in [0.25, 0.3) is 0 Å². The smallest absolute Gasteiger partial charge is 0.243 e. The highest BCUT2D eigenvalue weighted by Gasteiger charge is 2.30. The first kappa shape index (κ1) is 32.7. The highest BCUT2D eigenvalue weighted by Crippen LogP contribution is 2.22. The maximum absolute atomic E-state index is 13.9. The van der Waals surface area contributed by atoms with Crippen molar-refractivity contribution in [1.29, 1.82) is 0 Å². The van der Waals surface area contributed by atoms with Crippen molar-refractivity contribution < 1.29 is 22.7 Å². The van der Waals surface area contributed by atoms with Crippen molar-refractivity contribution in [3.63, 3.8) is 0 Å². The average molecular weight is 594 g/mol. The fraction of sp³-hybridized carbons (Fsp3) is 0.394. The molecule has 0 aromatic heterocycles. The molecule has 2 amide bonds. The minimum Gasteiger partial charge on any atom is -0.497 e. The van der Waals surface area contributed by atoms with Gasteiger partial charge < -0.3 is 15.0 Å². The molecular weight excluding hydrogens is 550 g/mol. The number of rotatable bonds is 16. The van der Waals surface area contributed by atoms with Crippen LogP contribution in [0.1, 0.15) is 49.3 Å². The van der Waals surface area contributed by atoms with Crippen LogP contribution in [0.15, 0.2) is 78.9 Å². The number of unbranched alkanes of at least 4 members (excludes halogenated alkanes) is 1. The third kappa shape index (κ3) is 9.91. The summed E-state index contributed by atoms with van der Waals surface area (Å²) < 4.78 is 32.0. The van der Waals surface area contributed by atoms with E-state index in [-0.39, 0.29) is 31.3 Å². The summed E-state index contributed by atoms with van der Waals surface area (Å²) >= 11 is 0. The quantitative estimate of drug-likeness (QED) is 0.233. The minimum atomic E-state index is -3.56. The van der Waals surface area contributed by atoms with Crippen molar-refractivity contribution in [3.05, 3.63) is 95.6 Å². The minimum absolute atomic E-state index is 0.0787. The van der Waals surface area contributed by atoms with Crippen LogP contribution >= 0.6 is 0 Å². The van der Waals surface area contributed by atoms with Gasteiger partial charge in [-0.25, -0.2) is 8.42 Å². The summed E-state index contributed by atoms with van der Waals surface area (Å²) in [6, 6.07) is 23.6. The molecule has 0 bridgehead atoms. The number of aryl methyl sites for hydroxylation is 1. The lowest BCUT2D eigenvalue weighted by Gasteiger charge is -2.32. The summed E-state index contributed by atoms with van der Waals surface area (Å²) in [5.41, 5.74) is 3.36. The van der Waals surface area contributed by atoms with E-state index in [0.29, 0.717) is 30.8 Å². The van der Waals surface area contributed by atoms with Crippen molar-refractivity contribution in [1.82, 2.24) is 10.2 Å². The van der Waals surface area contributed by atoms with Crippen LogP contribution in [-0.4, -0.2) is 57.6 Å². The predicted molar refractivity (Wildman–Crippen MR) is 168 cm³/mol. The van der Waals surface area contributed by atoms with Gasteiger partial charge in [-0.05, 0) is 55.2 Å². The second-order valence-corrected chi connectivity index (χ2v) is 12.4. The average Bonchev–Trinajstić information content (AvgIpc) is 2.97. The van der Waals surface area contributed by atoms with E-state index in [2.05, 4.69) is 12.2 Å². The Bertz CT molecular complexity index is 1390. The molecule has 42 heavy (non-hydrogen) atoms. The number of carbonyl (C=O) groups is 2. The molecule has 0 fully saturated rings. The molecule has 9 heteroatoms. The number of nitrogens with one attached hydrogen (secondary N) is 1. The molecule has 3 aromatic rings. The molecular formula is C33H43N3O5S. The molecule has 1 unspecified atom stereocenters. The number of hydrogen-bond acceptors (Lipinski definition) is 5. The van der Waals surface area contributed by atoms with Crippen molar-refractivity contribution in [2.75, 3.05) is 30.8 Å². The molecule has 0 aliphatic carbocycles. The first-order valence-electron chi connectivity index (χ1n) is 14.4. The molecule has 1 atom stereocenters. The SMILES string of the molecule is CCCCNC(=O)C(Cc1ccccc1)N(Cc1cccc(OC)c1)C(=O)CCCN(c1ccc(C)cc1)S(C)(=O)=O. The van der Waals surface area contributed by atoms with Gasteiger partial charge in [-0.2, -0.15) is 0 Å². The standard InChI is InChI=1S/C33H43N3O5S/c1-5-6-21-34-33(38)31(24-27-12-8-7-9-13-27)35(25-28-14-10-15-30(23-28)41-3)32(37)16-11-22-36(42(4,39)40)29-19-17-26(2)18-20-29/h7-10,12-15,17-20,23,31H,5-6,11,16,21-22,24-25H2,1-4H3,(H,34,38). The summed E-state index contributed by atoms with van der Waals surface area (Å²) in [5, 5.41) is 3.02. The maximum Gasteiger partial charge on any atom is 0.243 e. The number of carbonyl (C=O) groups excluding carboxylic acids is 2. The van der Waals surface area contributed by atoms with Gasteiger partial charge in [0.15, 0.2) is 0 Å². The zero-order valence-electron chi connectivity index (χ0n) is 25.1. The molecule has 0 spiro atoms. The van der Waals surface area contributed by atoms with Crippen molar-refractivity contribution in [3.8, 4) is 5.75 Å². The fourth-order valence-electron chi connectivity index (χ4n) is 4.74. The third-order valence-electron chi connectivity index (χ3n) is 7.06.